The molecule has 0 radical (unpaired) electrons. The molecule has 1 N–H and O–H groups in total. The fourth-order valence-electron chi connectivity index (χ4n) is 1.33. The zero-order valence-electron chi connectivity index (χ0n) is 9.66. The summed E-state index contributed by atoms with van der Waals surface area (Å²) in [5.74, 6) is -0.971. The number of ether oxygens (including phenoxy) is 1. The van der Waals surface area contributed by atoms with Gasteiger partial charge in [-0.25, -0.2) is 4.39 Å². The molecular weight excluding hydrogens is 223 g/mol. The zero-order valence-corrected chi connectivity index (χ0v) is 9.66. The molecule has 1 aromatic carbocycles. The molecule has 0 bridgehead atoms. The second kappa shape index (κ2) is 5.97. The first kappa shape index (κ1) is 13.1. The van der Waals surface area contributed by atoms with Crippen molar-refractivity contribution in [1.29, 1.82) is 5.26 Å². The Kier molecular flexibility index (Phi) is 4.61. The van der Waals surface area contributed by atoms with Crippen LogP contribution in [0.2, 0.25) is 0 Å². The van der Waals surface area contributed by atoms with E-state index in [1.165, 1.54) is 13.2 Å². The van der Waals surface area contributed by atoms with E-state index >= 15 is 0 Å². The van der Waals surface area contributed by atoms with Gasteiger partial charge in [-0.2, -0.15) is 5.26 Å². The van der Waals surface area contributed by atoms with Crippen molar-refractivity contribution >= 4 is 5.97 Å². The van der Waals surface area contributed by atoms with Crippen LogP contribution in [0.4, 0.5) is 4.39 Å². The third-order valence-electron chi connectivity index (χ3n) is 2.35. The summed E-state index contributed by atoms with van der Waals surface area (Å²) in [6, 6.07) is 5.81. The van der Waals surface area contributed by atoms with E-state index < -0.39 is 17.8 Å². The van der Waals surface area contributed by atoms with Gasteiger partial charge in [0.25, 0.3) is 0 Å². The molecule has 0 aliphatic rings. The lowest BCUT2D eigenvalue weighted by Gasteiger charge is -2.12. The van der Waals surface area contributed by atoms with Crippen LogP contribution in [0.25, 0.3) is 0 Å². The SMILES string of the molecule is COC(=O)C(C)NCc1cccc(C#N)c1F. The maximum absolute atomic E-state index is 13.6. The van der Waals surface area contributed by atoms with E-state index in [4.69, 9.17) is 5.26 Å². The number of carbonyl (C=O) groups is 1. The van der Waals surface area contributed by atoms with Crippen LogP contribution in [0.3, 0.4) is 0 Å². The molecule has 0 aliphatic heterocycles. The van der Waals surface area contributed by atoms with Crippen LogP contribution in [0.1, 0.15) is 18.1 Å². The highest BCUT2D eigenvalue weighted by atomic mass is 19.1. The van der Waals surface area contributed by atoms with Crippen molar-refractivity contribution < 1.29 is 13.9 Å². The molecule has 4 nitrogen and oxygen atoms in total. The summed E-state index contributed by atoms with van der Waals surface area (Å²) in [6.45, 7) is 1.79. The number of carbonyl (C=O) groups excluding carboxylic acids is 1. The fraction of sp³-hybridized carbons (Fsp3) is 0.333. The number of benzene rings is 1. The number of nitrogens with zero attached hydrogens (tertiary/aromatic N) is 1. The summed E-state index contributed by atoms with van der Waals surface area (Å²) in [6.07, 6.45) is 0. The Labute approximate surface area is 99.0 Å². The van der Waals surface area contributed by atoms with Gasteiger partial charge in [-0.05, 0) is 13.0 Å². The van der Waals surface area contributed by atoms with Gasteiger partial charge in [0.2, 0.25) is 0 Å². The predicted octanol–water partition coefficient (Wildman–Crippen LogP) is 1.35. The van der Waals surface area contributed by atoms with E-state index in [0.717, 1.165) is 0 Å². The number of methoxy groups -OCH3 is 1. The van der Waals surface area contributed by atoms with Crippen molar-refractivity contribution in [3.05, 3.63) is 35.1 Å². The molecule has 0 saturated heterocycles. The van der Waals surface area contributed by atoms with E-state index in [9.17, 15) is 9.18 Å². The number of hydrogen-bond donors (Lipinski definition) is 1. The smallest absolute Gasteiger partial charge is 0.322 e. The van der Waals surface area contributed by atoms with Crippen LogP contribution < -0.4 is 5.32 Å². The largest absolute Gasteiger partial charge is 0.468 e. The van der Waals surface area contributed by atoms with Crippen molar-refractivity contribution in [3.8, 4) is 6.07 Å². The molecule has 1 rings (SSSR count). The van der Waals surface area contributed by atoms with Gasteiger partial charge in [0.15, 0.2) is 0 Å². The lowest BCUT2D eigenvalue weighted by Crippen LogP contribution is -2.34. The first-order chi connectivity index (χ1) is 8.10. The lowest BCUT2D eigenvalue weighted by atomic mass is 10.1. The highest BCUT2D eigenvalue weighted by molar-refractivity contribution is 5.75. The number of hydrogen-bond acceptors (Lipinski definition) is 4. The van der Waals surface area contributed by atoms with Crippen molar-refractivity contribution in [2.24, 2.45) is 0 Å². The molecule has 0 fully saturated rings. The van der Waals surface area contributed by atoms with Crippen LogP contribution in [0.15, 0.2) is 18.2 Å². The topological polar surface area (TPSA) is 62.1 Å². The normalized spacial score (nSPS) is 11.6. The first-order valence-corrected chi connectivity index (χ1v) is 5.08. The van der Waals surface area contributed by atoms with Gasteiger partial charge >= 0.3 is 5.97 Å². The third-order valence-corrected chi connectivity index (χ3v) is 2.35. The molecule has 1 unspecified atom stereocenters. The van der Waals surface area contributed by atoms with Crippen LogP contribution in [0, 0.1) is 17.1 Å². The molecule has 1 aromatic rings. The standard InChI is InChI=1S/C12H13FN2O2/c1-8(12(16)17-2)15-7-10-5-3-4-9(6-14)11(10)13/h3-5,8,15H,7H2,1-2H3. The number of nitriles is 1. The zero-order chi connectivity index (χ0) is 12.8. The molecule has 0 heterocycles. The minimum atomic E-state index is -0.556. The molecule has 0 aromatic heterocycles. The number of rotatable bonds is 4. The molecule has 1 atom stereocenters. The van der Waals surface area contributed by atoms with Crippen LogP contribution in [-0.4, -0.2) is 19.1 Å². The van der Waals surface area contributed by atoms with Gasteiger partial charge in [0, 0.05) is 12.1 Å². The minimum Gasteiger partial charge on any atom is -0.468 e. The van der Waals surface area contributed by atoms with Gasteiger partial charge in [0.1, 0.15) is 17.9 Å². The first-order valence-electron chi connectivity index (χ1n) is 5.08. The average molecular weight is 236 g/mol. The maximum atomic E-state index is 13.6. The van der Waals surface area contributed by atoms with Crippen LogP contribution in [-0.2, 0) is 16.1 Å². The van der Waals surface area contributed by atoms with Gasteiger partial charge in [-0.3, -0.25) is 4.79 Å². The second-order valence-corrected chi connectivity index (χ2v) is 3.52. The Hall–Kier alpha value is -1.93. The number of halogens is 1. The van der Waals surface area contributed by atoms with Crippen molar-refractivity contribution in [2.75, 3.05) is 7.11 Å². The summed E-state index contributed by atoms with van der Waals surface area (Å²) in [5.41, 5.74) is 0.342. The van der Waals surface area contributed by atoms with E-state index in [0.29, 0.717) is 5.56 Å². The molecule has 0 aliphatic carbocycles. The lowest BCUT2D eigenvalue weighted by molar-refractivity contribution is -0.142. The van der Waals surface area contributed by atoms with E-state index in [1.807, 2.05) is 0 Å². The summed E-state index contributed by atoms with van der Waals surface area (Å²) in [5, 5.41) is 11.5. The summed E-state index contributed by atoms with van der Waals surface area (Å²) in [7, 11) is 1.29. The Bertz CT molecular complexity index is 454. The van der Waals surface area contributed by atoms with Gasteiger partial charge < -0.3 is 10.1 Å². The number of nitrogens with one attached hydrogen (secondary N) is 1. The van der Waals surface area contributed by atoms with Crippen molar-refractivity contribution in [1.82, 2.24) is 5.32 Å². The van der Waals surface area contributed by atoms with Crippen LogP contribution in [0.5, 0.6) is 0 Å². The highest BCUT2D eigenvalue weighted by Gasteiger charge is 2.13. The van der Waals surface area contributed by atoms with Crippen molar-refractivity contribution in [3.63, 3.8) is 0 Å². The molecule has 0 saturated carbocycles. The molecule has 5 heteroatoms. The Morgan fingerprint density at radius 2 is 2.35 bits per heavy atom. The summed E-state index contributed by atoms with van der Waals surface area (Å²) in [4.78, 5) is 11.1. The van der Waals surface area contributed by atoms with Crippen LogP contribution >= 0.6 is 0 Å². The van der Waals surface area contributed by atoms with Gasteiger partial charge in [-0.1, -0.05) is 12.1 Å². The molecular formula is C12H13FN2O2. The maximum Gasteiger partial charge on any atom is 0.322 e. The monoisotopic (exact) mass is 236 g/mol. The summed E-state index contributed by atoms with van der Waals surface area (Å²) >= 11 is 0. The molecule has 0 amide bonds. The third kappa shape index (κ3) is 3.26. The van der Waals surface area contributed by atoms with E-state index in [1.54, 1.807) is 25.1 Å². The molecule has 0 spiro atoms. The Balaban J connectivity index is 2.71. The van der Waals surface area contributed by atoms with E-state index in [-0.39, 0.29) is 12.1 Å². The average Bonchev–Trinajstić information content (AvgIpc) is 2.36. The summed E-state index contributed by atoms with van der Waals surface area (Å²) < 4.78 is 18.2. The van der Waals surface area contributed by atoms with Gasteiger partial charge in [0.05, 0.1) is 12.7 Å². The van der Waals surface area contributed by atoms with E-state index in [2.05, 4.69) is 10.1 Å². The molecule has 90 valence electrons. The highest BCUT2D eigenvalue weighted by Crippen LogP contribution is 2.11. The van der Waals surface area contributed by atoms with Crippen molar-refractivity contribution in [2.45, 2.75) is 19.5 Å². The minimum absolute atomic E-state index is 0.00461. The number of esters is 1. The fourth-order valence-corrected chi connectivity index (χ4v) is 1.33. The molecule has 17 heavy (non-hydrogen) atoms. The Morgan fingerprint density at radius 3 is 2.94 bits per heavy atom. The van der Waals surface area contributed by atoms with Gasteiger partial charge in [-0.15, -0.1) is 0 Å². The quantitative estimate of drug-likeness (QED) is 0.801. The predicted molar refractivity (Wildman–Crippen MR) is 59.4 cm³/mol. The second-order valence-electron chi connectivity index (χ2n) is 3.52. The Morgan fingerprint density at radius 1 is 1.65 bits per heavy atom.